The second kappa shape index (κ2) is 6.72. The van der Waals surface area contributed by atoms with E-state index in [0.29, 0.717) is 30.6 Å². The standard InChI is InChI=1S/C13H16FN3O/c1-17(2)13(18)5-6-16-9-11-7-10(8-15)3-4-12(11)14/h3-4,7,16H,5-6,9H2,1-2H3. The van der Waals surface area contributed by atoms with Gasteiger partial charge in [0, 0.05) is 39.2 Å². The first kappa shape index (κ1) is 14.1. The number of amides is 1. The Hall–Kier alpha value is -1.93. The van der Waals surface area contributed by atoms with Crippen molar-refractivity contribution in [3.63, 3.8) is 0 Å². The molecule has 1 amide bonds. The Morgan fingerprint density at radius 1 is 1.50 bits per heavy atom. The van der Waals surface area contributed by atoms with Crippen LogP contribution in [0.25, 0.3) is 0 Å². The van der Waals surface area contributed by atoms with E-state index in [-0.39, 0.29) is 11.7 Å². The first-order valence-electron chi connectivity index (χ1n) is 5.64. The maximum Gasteiger partial charge on any atom is 0.223 e. The molecule has 18 heavy (non-hydrogen) atoms. The molecule has 1 rings (SSSR count). The van der Waals surface area contributed by atoms with Crippen LogP contribution in [0, 0.1) is 17.1 Å². The van der Waals surface area contributed by atoms with Gasteiger partial charge in [-0.05, 0) is 18.2 Å². The van der Waals surface area contributed by atoms with Crippen LogP contribution >= 0.6 is 0 Å². The molecule has 0 aliphatic heterocycles. The van der Waals surface area contributed by atoms with Crippen molar-refractivity contribution < 1.29 is 9.18 Å². The molecule has 1 N–H and O–H groups in total. The lowest BCUT2D eigenvalue weighted by Crippen LogP contribution is -2.26. The SMILES string of the molecule is CN(C)C(=O)CCNCc1cc(C#N)ccc1F. The van der Waals surface area contributed by atoms with E-state index in [1.54, 1.807) is 14.1 Å². The van der Waals surface area contributed by atoms with Crippen molar-refractivity contribution in [3.8, 4) is 6.07 Å². The third-order valence-electron chi connectivity index (χ3n) is 2.50. The first-order chi connectivity index (χ1) is 8.54. The number of nitrogens with one attached hydrogen (secondary N) is 1. The highest BCUT2D eigenvalue weighted by atomic mass is 19.1. The predicted octanol–water partition coefficient (Wildman–Crippen LogP) is 1.27. The lowest BCUT2D eigenvalue weighted by Gasteiger charge is -2.10. The van der Waals surface area contributed by atoms with Gasteiger partial charge in [0.2, 0.25) is 5.91 Å². The highest BCUT2D eigenvalue weighted by Crippen LogP contribution is 2.09. The lowest BCUT2D eigenvalue weighted by molar-refractivity contribution is -0.128. The summed E-state index contributed by atoms with van der Waals surface area (Å²) in [4.78, 5) is 12.8. The molecule has 0 spiro atoms. The number of nitriles is 1. The smallest absolute Gasteiger partial charge is 0.223 e. The minimum atomic E-state index is -0.347. The van der Waals surface area contributed by atoms with E-state index in [4.69, 9.17) is 5.26 Å². The molecule has 0 aromatic heterocycles. The van der Waals surface area contributed by atoms with Crippen LogP contribution in [-0.2, 0) is 11.3 Å². The molecule has 5 heteroatoms. The van der Waals surface area contributed by atoms with E-state index in [1.807, 2.05) is 6.07 Å². The number of carbonyl (C=O) groups is 1. The number of benzene rings is 1. The van der Waals surface area contributed by atoms with Crippen molar-refractivity contribution in [2.45, 2.75) is 13.0 Å². The van der Waals surface area contributed by atoms with Gasteiger partial charge in [-0.1, -0.05) is 0 Å². The highest BCUT2D eigenvalue weighted by molar-refractivity contribution is 5.75. The van der Waals surface area contributed by atoms with E-state index in [2.05, 4.69) is 5.32 Å². The van der Waals surface area contributed by atoms with Gasteiger partial charge in [0.15, 0.2) is 0 Å². The maximum atomic E-state index is 13.4. The first-order valence-corrected chi connectivity index (χ1v) is 5.64. The second-order valence-electron chi connectivity index (χ2n) is 4.13. The number of hydrogen-bond donors (Lipinski definition) is 1. The van der Waals surface area contributed by atoms with Gasteiger partial charge in [0.05, 0.1) is 11.6 Å². The molecule has 0 heterocycles. The molecule has 0 aliphatic carbocycles. The summed E-state index contributed by atoms with van der Waals surface area (Å²) >= 11 is 0. The van der Waals surface area contributed by atoms with Crippen molar-refractivity contribution in [1.29, 1.82) is 5.26 Å². The van der Waals surface area contributed by atoms with Gasteiger partial charge in [-0.2, -0.15) is 5.26 Å². The third-order valence-corrected chi connectivity index (χ3v) is 2.50. The lowest BCUT2D eigenvalue weighted by atomic mass is 10.1. The maximum absolute atomic E-state index is 13.4. The van der Waals surface area contributed by atoms with E-state index >= 15 is 0 Å². The summed E-state index contributed by atoms with van der Waals surface area (Å²) in [6, 6.07) is 6.19. The molecule has 0 saturated carbocycles. The summed E-state index contributed by atoms with van der Waals surface area (Å²) in [6.07, 6.45) is 0.368. The molecular weight excluding hydrogens is 233 g/mol. The highest BCUT2D eigenvalue weighted by Gasteiger charge is 2.05. The third kappa shape index (κ3) is 4.15. The summed E-state index contributed by atoms with van der Waals surface area (Å²) in [6.45, 7) is 0.787. The fraction of sp³-hybridized carbons (Fsp3) is 0.385. The molecule has 0 unspecified atom stereocenters. The summed E-state index contributed by atoms with van der Waals surface area (Å²) in [5, 5.41) is 11.7. The average molecular weight is 249 g/mol. The van der Waals surface area contributed by atoms with Gasteiger partial charge in [0.1, 0.15) is 5.82 Å². The number of nitrogens with zero attached hydrogens (tertiary/aromatic N) is 2. The number of rotatable bonds is 5. The molecule has 0 aliphatic rings. The fourth-order valence-corrected chi connectivity index (χ4v) is 1.42. The Balaban J connectivity index is 2.45. The van der Waals surface area contributed by atoms with E-state index in [1.165, 1.54) is 23.1 Å². The quantitative estimate of drug-likeness (QED) is 0.799. The number of hydrogen-bond acceptors (Lipinski definition) is 3. The minimum Gasteiger partial charge on any atom is -0.349 e. The van der Waals surface area contributed by atoms with E-state index in [9.17, 15) is 9.18 Å². The van der Waals surface area contributed by atoms with Crippen LogP contribution in [0.1, 0.15) is 17.5 Å². The normalized spacial score (nSPS) is 9.89. The van der Waals surface area contributed by atoms with Crippen molar-refractivity contribution in [2.75, 3.05) is 20.6 Å². The Kier molecular flexibility index (Phi) is 5.28. The Labute approximate surface area is 106 Å². The molecule has 1 aromatic carbocycles. The van der Waals surface area contributed by atoms with Gasteiger partial charge < -0.3 is 10.2 Å². The van der Waals surface area contributed by atoms with Crippen LogP contribution in [0.5, 0.6) is 0 Å². The summed E-state index contributed by atoms with van der Waals surface area (Å²) in [7, 11) is 3.39. The Bertz CT molecular complexity index is 466. The molecule has 0 radical (unpaired) electrons. The van der Waals surface area contributed by atoms with Crippen molar-refractivity contribution >= 4 is 5.91 Å². The summed E-state index contributed by atoms with van der Waals surface area (Å²) < 4.78 is 13.4. The zero-order chi connectivity index (χ0) is 13.5. The Morgan fingerprint density at radius 2 is 2.22 bits per heavy atom. The van der Waals surface area contributed by atoms with Gasteiger partial charge in [-0.15, -0.1) is 0 Å². The molecule has 0 bridgehead atoms. The van der Waals surface area contributed by atoms with Crippen molar-refractivity contribution in [2.24, 2.45) is 0 Å². The van der Waals surface area contributed by atoms with E-state index < -0.39 is 0 Å². The van der Waals surface area contributed by atoms with Crippen LogP contribution in [0.2, 0.25) is 0 Å². The molecule has 0 fully saturated rings. The van der Waals surface area contributed by atoms with Gasteiger partial charge >= 0.3 is 0 Å². The average Bonchev–Trinajstić information content (AvgIpc) is 2.36. The zero-order valence-corrected chi connectivity index (χ0v) is 10.5. The van der Waals surface area contributed by atoms with Crippen LogP contribution in [-0.4, -0.2) is 31.4 Å². The number of carbonyl (C=O) groups excluding carboxylic acids is 1. The van der Waals surface area contributed by atoms with Crippen molar-refractivity contribution in [1.82, 2.24) is 10.2 Å². The van der Waals surface area contributed by atoms with Gasteiger partial charge in [-0.3, -0.25) is 4.79 Å². The molecular formula is C13H16FN3O. The molecule has 1 aromatic rings. The monoisotopic (exact) mass is 249 g/mol. The molecule has 4 nitrogen and oxygen atoms in total. The van der Waals surface area contributed by atoms with Gasteiger partial charge in [-0.25, -0.2) is 4.39 Å². The van der Waals surface area contributed by atoms with Gasteiger partial charge in [0.25, 0.3) is 0 Å². The fourth-order valence-electron chi connectivity index (χ4n) is 1.42. The Morgan fingerprint density at radius 3 is 2.83 bits per heavy atom. The molecule has 0 atom stereocenters. The molecule has 96 valence electrons. The summed E-state index contributed by atoms with van der Waals surface area (Å²) in [5.41, 5.74) is 0.865. The minimum absolute atomic E-state index is 0.0220. The van der Waals surface area contributed by atoms with Crippen LogP contribution < -0.4 is 5.32 Å². The van der Waals surface area contributed by atoms with E-state index in [0.717, 1.165) is 0 Å². The van der Waals surface area contributed by atoms with Crippen LogP contribution in [0.4, 0.5) is 4.39 Å². The van der Waals surface area contributed by atoms with Crippen LogP contribution in [0.15, 0.2) is 18.2 Å². The topological polar surface area (TPSA) is 56.1 Å². The predicted molar refractivity (Wildman–Crippen MR) is 66.1 cm³/mol. The molecule has 0 saturated heterocycles. The zero-order valence-electron chi connectivity index (χ0n) is 10.5. The summed E-state index contributed by atoms with van der Waals surface area (Å²) in [5.74, 6) is -0.325. The largest absolute Gasteiger partial charge is 0.349 e. The van der Waals surface area contributed by atoms with Crippen molar-refractivity contribution in [3.05, 3.63) is 35.1 Å². The van der Waals surface area contributed by atoms with Crippen LogP contribution in [0.3, 0.4) is 0 Å². The second-order valence-corrected chi connectivity index (χ2v) is 4.13. The number of halogens is 1.